The number of carboxylic acid groups (broad SMARTS) is 2. The molecule has 0 bridgehead atoms. The third-order valence-electron chi connectivity index (χ3n) is 6.63. The minimum Gasteiger partial charge on any atom is -0.475 e. The van der Waals surface area contributed by atoms with Gasteiger partial charge < -0.3 is 31.9 Å². The normalized spacial score (nSPS) is 19.1. The van der Waals surface area contributed by atoms with Crippen molar-refractivity contribution in [1.29, 1.82) is 0 Å². The van der Waals surface area contributed by atoms with E-state index >= 15 is 0 Å². The summed E-state index contributed by atoms with van der Waals surface area (Å²) < 4.78 is 63.5. The Balaban J connectivity index is 0.000000402. The van der Waals surface area contributed by atoms with Gasteiger partial charge in [0.05, 0.1) is 5.69 Å². The Morgan fingerprint density at radius 1 is 1.05 bits per heavy atom. The number of rotatable bonds is 5. The van der Waals surface area contributed by atoms with E-state index in [9.17, 15) is 35.9 Å². The van der Waals surface area contributed by atoms with Crippen LogP contribution in [0.3, 0.4) is 0 Å². The monoisotopic (exact) mass is 655 g/mol. The molecule has 2 amide bonds. The molecule has 1 aliphatic heterocycles. The first-order valence-corrected chi connectivity index (χ1v) is 13.1. The summed E-state index contributed by atoms with van der Waals surface area (Å²) in [4.78, 5) is 50.2. The van der Waals surface area contributed by atoms with E-state index in [2.05, 4.69) is 10.3 Å². The molecule has 1 aromatic carbocycles. The van der Waals surface area contributed by atoms with Gasteiger partial charge in [-0.25, -0.2) is 9.59 Å². The Bertz CT molecular complexity index is 1350. The van der Waals surface area contributed by atoms with E-state index in [1.165, 1.54) is 0 Å². The highest BCUT2D eigenvalue weighted by Crippen LogP contribution is 2.36. The van der Waals surface area contributed by atoms with Gasteiger partial charge in [0, 0.05) is 30.9 Å². The smallest absolute Gasteiger partial charge is 0.475 e. The molecule has 2 heterocycles. The predicted molar refractivity (Wildman–Crippen MR) is 142 cm³/mol. The average molecular weight is 656 g/mol. The molecule has 44 heavy (non-hydrogen) atoms. The lowest BCUT2D eigenvalue weighted by Gasteiger charge is -2.32. The predicted octanol–water partition coefficient (Wildman–Crippen LogP) is 2.87. The quantitative estimate of drug-likeness (QED) is 0.302. The molecule has 11 nitrogen and oxygen atoms in total. The largest absolute Gasteiger partial charge is 0.490 e. The van der Waals surface area contributed by atoms with Gasteiger partial charge in [0.1, 0.15) is 11.6 Å². The van der Waals surface area contributed by atoms with Crippen molar-refractivity contribution in [3.05, 3.63) is 63.9 Å². The number of nitrogens with zero attached hydrogens (tertiary/aromatic N) is 2. The van der Waals surface area contributed by atoms with Crippen molar-refractivity contribution in [2.45, 2.75) is 62.7 Å². The molecular weight excluding hydrogens is 628 g/mol. The minimum absolute atomic E-state index is 0.188. The third kappa shape index (κ3) is 9.27. The number of alkyl halides is 6. The van der Waals surface area contributed by atoms with Crippen molar-refractivity contribution in [3.63, 3.8) is 0 Å². The Hall–Kier alpha value is -3.96. The maximum atomic E-state index is 13.4. The number of carbonyl (C=O) groups is 4. The van der Waals surface area contributed by atoms with Crippen molar-refractivity contribution >= 4 is 35.4 Å². The molecule has 2 atom stereocenters. The number of nitrogens with two attached hydrogens (primary N) is 2. The van der Waals surface area contributed by atoms with E-state index in [1.807, 2.05) is 18.2 Å². The van der Waals surface area contributed by atoms with Crippen LogP contribution in [-0.2, 0) is 44.2 Å². The van der Waals surface area contributed by atoms with Gasteiger partial charge in [0.2, 0.25) is 11.8 Å². The van der Waals surface area contributed by atoms with Gasteiger partial charge >= 0.3 is 24.3 Å². The number of pyridine rings is 1. The number of fused-ring (bicyclic) bond motifs is 1. The zero-order chi connectivity index (χ0) is 33.5. The van der Waals surface area contributed by atoms with Crippen LogP contribution in [-0.4, -0.2) is 68.8 Å². The molecule has 1 aliphatic carbocycles. The Kier molecular flexibility index (Phi) is 12.1. The van der Waals surface area contributed by atoms with Gasteiger partial charge in [-0.05, 0) is 60.6 Å². The van der Waals surface area contributed by atoms with Crippen LogP contribution in [0, 0.1) is 0 Å². The topological polar surface area (TPSA) is 189 Å². The SMILES string of the molecule is NCc1ccc(Cl)cc1CNC(=O)[C@@H]1CCCN1C(=O)C1(N)CCc2cccnc21.O=C(O)C(F)(F)F.O=C(O)C(F)(F)F. The highest BCUT2D eigenvalue weighted by Gasteiger charge is 2.48. The number of carboxylic acids is 2. The summed E-state index contributed by atoms with van der Waals surface area (Å²) in [6, 6.07) is 8.72. The van der Waals surface area contributed by atoms with Gasteiger partial charge in [-0.3, -0.25) is 14.6 Å². The van der Waals surface area contributed by atoms with Crippen LogP contribution >= 0.6 is 11.6 Å². The molecule has 1 unspecified atom stereocenters. The average Bonchev–Trinajstić information content (AvgIpc) is 3.57. The van der Waals surface area contributed by atoms with E-state index < -0.39 is 35.9 Å². The molecular formula is C26H28ClF6N5O6. The number of aryl methyl sites for hydroxylation is 1. The van der Waals surface area contributed by atoms with Crippen molar-refractivity contribution in [2.75, 3.05) is 6.54 Å². The number of likely N-dealkylation sites (tertiary alicyclic amines) is 1. The van der Waals surface area contributed by atoms with Crippen molar-refractivity contribution in [2.24, 2.45) is 11.5 Å². The van der Waals surface area contributed by atoms with Gasteiger partial charge in [-0.15, -0.1) is 0 Å². The molecule has 1 aromatic heterocycles. The number of hydrogen-bond donors (Lipinski definition) is 5. The maximum Gasteiger partial charge on any atom is 0.490 e. The molecule has 1 fully saturated rings. The summed E-state index contributed by atoms with van der Waals surface area (Å²) in [5, 5.41) is 17.8. The number of benzene rings is 1. The highest BCUT2D eigenvalue weighted by molar-refractivity contribution is 6.30. The number of nitrogens with one attached hydrogen (secondary N) is 1. The first-order valence-electron chi connectivity index (χ1n) is 12.7. The first-order chi connectivity index (χ1) is 20.3. The zero-order valence-electron chi connectivity index (χ0n) is 22.7. The number of aromatic nitrogens is 1. The molecule has 0 saturated carbocycles. The number of aliphatic carboxylic acids is 2. The Labute approximate surface area is 251 Å². The van der Waals surface area contributed by atoms with Crippen LogP contribution in [0.2, 0.25) is 5.02 Å². The van der Waals surface area contributed by atoms with Crippen molar-refractivity contribution in [3.8, 4) is 0 Å². The van der Waals surface area contributed by atoms with E-state index in [0.717, 1.165) is 23.1 Å². The lowest BCUT2D eigenvalue weighted by Crippen LogP contribution is -2.56. The number of amides is 2. The zero-order valence-corrected chi connectivity index (χ0v) is 23.5. The van der Waals surface area contributed by atoms with Gasteiger partial charge in [0.25, 0.3) is 0 Å². The number of carbonyl (C=O) groups excluding carboxylic acids is 2. The first kappa shape index (κ1) is 36.2. The maximum absolute atomic E-state index is 13.4. The summed E-state index contributed by atoms with van der Waals surface area (Å²) >= 11 is 6.08. The number of hydrogen-bond acceptors (Lipinski definition) is 7. The fraction of sp³-hybridized carbons (Fsp3) is 0.423. The fourth-order valence-electron chi connectivity index (χ4n) is 4.50. The van der Waals surface area contributed by atoms with Crippen LogP contribution in [0.5, 0.6) is 0 Å². The molecule has 18 heteroatoms. The van der Waals surface area contributed by atoms with Crippen LogP contribution in [0.15, 0.2) is 36.5 Å². The van der Waals surface area contributed by atoms with Gasteiger partial charge in [-0.1, -0.05) is 23.7 Å². The fourth-order valence-corrected chi connectivity index (χ4v) is 4.69. The summed E-state index contributed by atoms with van der Waals surface area (Å²) in [6.45, 7) is 1.18. The molecule has 2 aliphatic rings. The molecule has 7 N–H and O–H groups in total. The second kappa shape index (κ2) is 14.7. The lowest BCUT2D eigenvalue weighted by molar-refractivity contribution is -0.193. The molecule has 4 rings (SSSR count). The second-order valence-corrected chi connectivity index (χ2v) is 10.0. The third-order valence-corrected chi connectivity index (χ3v) is 6.86. The van der Waals surface area contributed by atoms with E-state index in [-0.39, 0.29) is 11.8 Å². The summed E-state index contributed by atoms with van der Waals surface area (Å²) in [6.07, 6.45) is -5.91. The summed E-state index contributed by atoms with van der Waals surface area (Å²) in [5.41, 5.74) is 14.6. The second-order valence-electron chi connectivity index (χ2n) is 9.58. The van der Waals surface area contributed by atoms with Gasteiger partial charge in [-0.2, -0.15) is 26.3 Å². The van der Waals surface area contributed by atoms with Crippen LogP contribution in [0.25, 0.3) is 0 Å². The molecule has 2 aromatic rings. The summed E-state index contributed by atoms with van der Waals surface area (Å²) in [7, 11) is 0. The molecule has 0 spiro atoms. The Morgan fingerprint density at radius 3 is 2.18 bits per heavy atom. The molecule has 1 saturated heterocycles. The van der Waals surface area contributed by atoms with Crippen LogP contribution in [0.1, 0.15) is 41.6 Å². The minimum atomic E-state index is -5.08. The molecule has 242 valence electrons. The van der Waals surface area contributed by atoms with Crippen LogP contribution in [0.4, 0.5) is 26.3 Å². The standard InChI is InChI=1S/C22H26ClN5O2.2C2HF3O2/c23-17-6-5-15(12-24)16(11-17)13-27-20(29)18-4-2-10-28(18)21(30)22(25)8-7-14-3-1-9-26-19(14)22;2*3-2(4,5)1(6)7/h1,3,5-6,9,11,18H,2,4,7-8,10,12-13,24-25H2,(H,27,29);2*(H,6,7)/t18-,22?;;/m0../s1. The highest BCUT2D eigenvalue weighted by atomic mass is 35.5. The van der Waals surface area contributed by atoms with Crippen molar-refractivity contribution < 1.29 is 55.7 Å². The molecule has 0 radical (unpaired) electrons. The Morgan fingerprint density at radius 2 is 1.64 bits per heavy atom. The van der Waals surface area contributed by atoms with Crippen LogP contribution < -0.4 is 16.8 Å². The van der Waals surface area contributed by atoms with E-state index in [1.54, 1.807) is 23.2 Å². The van der Waals surface area contributed by atoms with E-state index in [4.69, 9.17) is 42.9 Å². The summed E-state index contributed by atoms with van der Waals surface area (Å²) in [5.74, 6) is -5.92. The van der Waals surface area contributed by atoms with E-state index in [0.29, 0.717) is 49.6 Å². The van der Waals surface area contributed by atoms with Crippen molar-refractivity contribution in [1.82, 2.24) is 15.2 Å². The van der Waals surface area contributed by atoms with Gasteiger partial charge in [0.15, 0.2) is 0 Å². The number of halogens is 7. The lowest BCUT2D eigenvalue weighted by atomic mass is 9.95.